The molecule has 0 unspecified atom stereocenters. The molecule has 2 heterocycles. The summed E-state index contributed by atoms with van der Waals surface area (Å²) >= 11 is 0. The topological polar surface area (TPSA) is 58.1 Å². The summed E-state index contributed by atoms with van der Waals surface area (Å²) < 4.78 is 0. The molecule has 1 fully saturated rings. The minimum Gasteiger partial charge on any atom is -0.340 e. The van der Waals surface area contributed by atoms with E-state index in [1.54, 1.807) is 6.20 Å². The van der Waals surface area contributed by atoms with Gasteiger partial charge in [0, 0.05) is 30.7 Å². The third kappa shape index (κ3) is 3.72. The molecule has 24 heavy (non-hydrogen) atoms. The first-order valence-electron chi connectivity index (χ1n) is 8.60. The van der Waals surface area contributed by atoms with Crippen LogP contribution >= 0.6 is 0 Å². The van der Waals surface area contributed by atoms with E-state index in [4.69, 9.17) is 0 Å². The molecule has 126 valence electrons. The van der Waals surface area contributed by atoms with Crippen LogP contribution in [-0.4, -0.2) is 29.0 Å². The molecule has 1 aliphatic rings. The van der Waals surface area contributed by atoms with Gasteiger partial charge < -0.3 is 10.2 Å². The number of aromatic nitrogens is 2. The number of nitrogens with zero attached hydrogens (tertiary/aromatic N) is 3. The molecule has 0 aliphatic carbocycles. The molecule has 1 amide bonds. The molecular formula is C19H24N4O. The number of hydrogen-bond acceptors (Lipinski definition) is 4. The number of para-hydroxylation sites is 1. The summed E-state index contributed by atoms with van der Waals surface area (Å²) in [6, 6.07) is 9.89. The maximum absolute atomic E-state index is 12.7. The van der Waals surface area contributed by atoms with E-state index in [0.717, 1.165) is 43.1 Å². The fourth-order valence-corrected chi connectivity index (χ4v) is 3.15. The van der Waals surface area contributed by atoms with Crippen LogP contribution in [0.25, 0.3) is 0 Å². The number of aryl methyl sites for hydroxylation is 2. The van der Waals surface area contributed by atoms with Gasteiger partial charge in [0.05, 0.1) is 5.92 Å². The maximum Gasteiger partial charge on any atom is 0.229 e. The van der Waals surface area contributed by atoms with Gasteiger partial charge >= 0.3 is 0 Å². The molecule has 3 rings (SSSR count). The van der Waals surface area contributed by atoms with Crippen molar-refractivity contribution in [3.8, 4) is 0 Å². The van der Waals surface area contributed by atoms with Gasteiger partial charge in [-0.2, -0.15) is 0 Å². The summed E-state index contributed by atoms with van der Waals surface area (Å²) in [5, 5.41) is 3.11. The smallest absolute Gasteiger partial charge is 0.229 e. The number of carbonyl (C=O) groups is 1. The minimum absolute atomic E-state index is 0.0345. The summed E-state index contributed by atoms with van der Waals surface area (Å²) in [4.78, 5) is 23.7. The Morgan fingerprint density at radius 3 is 2.96 bits per heavy atom. The highest BCUT2D eigenvalue weighted by molar-refractivity contribution is 5.93. The molecule has 1 N–H and O–H groups in total. The first-order chi connectivity index (χ1) is 11.7. The van der Waals surface area contributed by atoms with Crippen molar-refractivity contribution in [2.45, 2.75) is 33.1 Å². The molecule has 1 aliphatic heterocycles. The SMILES string of the molecule is CCc1ccccc1NC(=O)[C@H]1CCCN(c2nccc(C)n2)C1. The third-order valence-corrected chi connectivity index (χ3v) is 4.51. The van der Waals surface area contributed by atoms with Gasteiger partial charge in [0.25, 0.3) is 0 Å². The minimum atomic E-state index is -0.0345. The number of carbonyl (C=O) groups excluding carboxylic acids is 1. The fourth-order valence-electron chi connectivity index (χ4n) is 3.15. The number of amides is 1. The lowest BCUT2D eigenvalue weighted by molar-refractivity contribution is -0.120. The van der Waals surface area contributed by atoms with Crippen LogP contribution in [0.15, 0.2) is 36.5 Å². The van der Waals surface area contributed by atoms with Crippen molar-refractivity contribution in [1.82, 2.24) is 9.97 Å². The Labute approximate surface area is 143 Å². The molecule has 0 saturated carbocycles. The molecule has 2 aromatic rings. The molecule has 0 bridgehead atoms. The fraction of sp³-hybridized carbons (Fsp3) is 0.421. The Hall–Kier alpha value is -2.43. The van der Waals surface area contributed by atoms with Crippen molar-refractivity contribution in [2.24, 2.45) is 5.92 Å². The number of rotatable bonds is 4. The number of nitrogens with one attached hydrogen (secondary N) is 1. The first-order valence-corrected chi connectivity index (χ1v) is 8.60. The molecule has 1 atom stereocenters. The molecule has 1 saturated heterocycles. The zero-order valence-corrected chi connectivity index (χ0v) is 14.3. The van der Waals surface area contributed by atoms with Gasteiger partial charge in [0.2, 0.25) is 11.9 Å². The Bertz CT molecular complexity index is 716. The van der Waals surface area contributed by atoms with Gasteiger partial charge in [-0.25, -0.2) is 9.97 Å². The second-order valence-electron chi connectivity index (χ2n) is 6.28. The Morgan fingerprint density at radius 1 is 1.33 bits per heavy atom. The van der Waals surface area contributed by atoms with Gasteiger partial charge in [0.15, 0.2) is 0 Å². The highest BCUT2D eigenvalue weighted by Crippen LogP contribution is 2.23. The zero-order chi connectivity index (χ0) is 16.9. The molecule has 0 radical (unpaired) electrons. The van der Waals surface area contributed by atoms with Crippen LogP contribution in [-0.2, 0) is 11.2 Å². The van der Waals surface area contributed by atoms with Gasteiger partial charge in [-0.3, -0.25) is 4.79 Å². The van der Waals surface area contributed by atoms with Gasteiger partial charge in [0.1, 0.15) is 0 Å². The summed E-state index contributed by atoms with van der Waals surface area (Å²) in [6.45, 7) is 5.63. The number of piperidine rings is 1. The quantitative estimate of drug-likeness (QED) is 0.938. The molecular weight excluding hydrogens is 300 g/mol. The standard InChI is InChI=1S/C19H24N4O/c1-3-15-7-4-5-9-17(15)22-18(24)16-8-6-12-23(13-16)19-20-11-10-14(2)21-19/h4-5,7,9-11,16H,3,6,8,12-13H2,1-2H3,(H,22,24)/t16-/m0/s1. The van der Waals surface area contributed by atoms with E-state index in [-0.39, 0.29) is 11.8 Å². The number of anilines is 2. The van der Waals surface area contributed by atoms with Crippen molar-refractivity contribution < 1.29 is 4.79 Å². The number of benzene rings is 1. The summed E-state index contributed by atoms with van der Waals surface area (Å²) in [5.41, 5.74) is 3.04. The lowest BCUT2D eigenvalue weighted by Crippen LogP contribution is -2.41. The molecule has 5 nitrogen and oxygen atoms in total. The molecule has 0 spiro atoms. The van der Waals surface area contributed by atoms with E-state index in [2.05, 4.69) is 33.2 Å². The van der Waals surface area contributed by atoms with E-state index < -0.39 is 0 Å². The molecule has 1 aromatic heterocycles. The van der Waals surface area contributed by atoms with E-state index in [0.29, 0.717) is 6.54 Å². The molecule has 1 aromatic carbocycles. The average molecular weight is 324 g/mol. The first kappa shape index (κ1) is 16.4. The van der Waals surface area contributed by atoms with Crippen molar-refractivity contribution >= 4 is 17.5 Å². The zero-order valence-electron chi connectivity index (χ0n) is 14.3. The lowest BCUT2D eigenvalue weighted by Gasteiger charge is -2.32. The highest BCUT2D eigenvalue weighted by Gasteiger charge is 2.27. The average Bonchev–Trinajstić information content (AvgIpc) is 2.62. The summed E-state index contributed by atoms with van der Waals surface area (Å²) in [5.74, 6) is 0.780. The van der Waals surface area contributed by atoms with Crippen LogP contribution in [0.2, 0.25) is 0 Å². The van der Waals surface area contributed by atoms with Crippen molar-refractivity contribution in [1.29, 1.82) is 0 Å². The Morgan fingerprint density at radius 2 is 2.17 bits per heavy atom. The predicted octanol–water partition coefficient (Wildman–Crippen LogP) is 3.20. The van der Waals surface area contributed by atoms with E-state index in [9.17, 15) is 4.79 Å². The number of hydrogen-bond donors (Lipinski definition) is 1. The monoisotopic (exact) mass is 324 g/mol. The lowest BCUT2D eigenvalue weighted by atomic mass is 9.97. The van der Waals surface area contributed by atoms with Gasteiger partial charge in [-0.15, -0.1) is 0 Å². The van der Waals surface area contributed by atoms with Gasteiger partial charge in [-0.05, 0) is 43.9 Å². The largest absolute Gasteiger partial charge is 0.340 e. The van der Waals surface area contributed by atoms with Crippen molar-refractivity contribution in [2.75, 3.05) is 23.3 Å². The van der Waals surface area contributed by atoms with E-state index >= 15 is 0 Å². The van der Waals surface area contributed by atoms with Crippen LogP contribution in [0.3, 0.4) is 0 Å². The Balaban J connectivity index is 1.69. The second-order valence-corrected chi connectivity index (χ2v) is 6.28. The van der Waals surface area contributed by atoms with E-state index in [1.165, 1.54) is 5.56 Å². The van der Waals surface area contributed by atoms with Crippen molar-refractivity contribution in [3.63, 3.8) is 0 Å². The van der Waals surface area contributed by atoms with Crippen LogP contribution in [0, 0.1) is 12.8 Å². The molecule has 5 heteroatoms. The van der Waals surface area contributed by atoms with Crippen molar-refractivity contribution in [3.05, 3.63) is 47.8 Å². The summed E-state index contributed by atoms with van der Waals surface area (Å²) in [7, 11) is 0. The predicted molar refractivity (Wildman–Crippen MR) is 96.2 cm³/mol. The van der Waals surface area contributed by atoms with E-state index in [1.807, 2.05) is 31.2 Å². The Kier molecular flexibility index (Phi) is 5.08. The van der Waals surface area contributed by atoms with Crippen LogP contribution in [0.5, 0.6) is 0 Å². The summed E-state index contributed by atoms with van der Waals surface area (Å²) in [6.07, 6.45) is 4.57. The normalized spacial score (nSPS) is 17.6. The second kappa shape index (κ2) is 7.43. The van der Waals surface area contributed by atoms with Crippen LogP contribution in [0.4, 0.5) is 11.6 Å². The highest BCUT2D eigenvalue weighted by atomic mass is 16.1. The third-order valence-electron chi connectivity index (χ3n) is 4.51. The maximum atomic E-state index is 12.7. The van der Waals surface area contributed by atoms with Crippen LogP contribution < -0.4 is 10.2 Å². The van der Waals surface area contributed by atoms with Crippen LogP contribution in [0.1, 0.15) is 31.0 Å². The van der Waals surface area contributed by atoms with Gasteiger partial charge in [-0.1, -0.05) is 25.1 Å².